The maximum atomic E-state index is 13.6. The molecule has 2 aromatic rings. The normalized spacial score (nSPS) is 10.3. The average molecular weight is 261 g/mol. The largest absolute Gasteiger partial charge is 0.504 e. The van der Waals surface area contributed by atoms with E-state index < -0.39 is 0 Å². The van der Waals surface area contributed by atoms with Crippen LogP contribution in [0, 0.1) is 12.7 Å². The highest BCUT2D eigenvalue weighted by atomic mass is 19.1. The Morgan fingerprint density at radius 2 is 2.00 bits per heavy atom. The van der Waals surface area contributed by atoms with Gasteiger partial charge in [0.2, 0.25) is 0 Å². The number of aromatic hydroxyl groups is 1. The molecule has 0 saturated carbocycles. The highest BCUT2D eigenvalue weighted by molar-refractivity contribution is 5.48. The zero-order valence-electron chi connectivity index (χ0n) is 10.9. The predicted molar refractivity (Wildman–Crippen MR) is 73.1 cm³/mol. The third-order valence-corrected chi connectivity index (χ3v) is 2.85. The number of phenols is 1. The second kappa shape index (κ2) is 5.61. The van der Waals surface area contributed by atoms with Crippen LogP contribution in [0.4, 0.5) is 10.1 Å². The fraction of sp³-hybridized carbons (Fsp3) is 0.200. The predicted octanol–water partition coefficient (Wildman–Crippen LogP) is 3.46. The minimum absolute atomic E-state index is 0.0752. The van der Waals surface area contributed by atoms with E-state index in [1.54, 1.807) is 18.2 Å². The van der Waals surface area contributed by atoms with Crippen molar-refractivity contribution in [3.63, 3.8) is 0 Å². The van der Waals surface area contributed by atoms with Crippen molar-refractivity contribution in [1.29, 1.82) is 0 Å². The number of ether oxygens (including phenoxy) is 1. The first-order chi connectivity index (χ1) is 9.10. The van der Waals surface area contributed by atoms with E-state index in [-0.39, 0.29) is 11.6 Å². The molecule has 0 aliphatic heterocycles. The molecule has 0 saturated heterocycles. The third kappa shape index (κ3) is 3.16. The summed E-state index contributed by atoms with van der Waals surface area (Å²) in [6, 6.07) is 10.1. The number of phenolic OH excluding ortho intramolecular Hbond substituents is 1. The van der Waals surface area contributed by atoms with Crippen LogP contribution < -0.4 is 10.1 Å². The number of aryl methyl sites for hydroxylation is 1. The number of halogens is 1. The zero-order valence-corrected chi connectivity index (χ0v) is 10.9. The Kier molecular flexibility index (Phi) is 3.90. The van der Waals surface area contributed by atoms with Gasteiger partial charge in [0.25, 0.3) is 0 Å². The number of rotatable bonds is 4. The Balaban J connectivity index is 2.08. The molecule has 0 spiro atoms. The number of hydrogen-bond acceptors (Lipinski definition) is 3. The Morgan fingerprint density at radius 3 is 2.63 bits per heavy atom. The second-order valence-electron chi connectivity index (χ2n) is 4.34. The summed E-state index contributed by atoms with van der Waals surface area (Å²) < 4.78 is 18.6. The Hall–Kier alpha value is -2.23. The summed E-state index contributed by atoms with van der Waals surface area (Å²) in [5.41, 5.74) is 2.17. The molecule has 0 radical (unpaired) electrons. The van der Waals surface area contributed by atoms with E-state index >= 15 is 0 Å². The Labute approximate surface area is 111 Å². The highest BCUT2D eigenvalue weighted by Crippen LogP contribution is 2.26. The van der Waals surface area contributed by atoms with Gasteiger partial charge in [-0.15, -0.1) is 0 Å². The van der Waals surface area contributed by atoms with Crippen molar-refractivity contribution in [1.82, 2.24) is 0 Å². The van der Waals surface area contributed by atoms with Gasteiger partial charge < -0.3 is 15.2 Å². The average Bonchev–Trinajstić information content (AvgIpc) is 2.38. The molecule has 0 aliphatic rings. The van der Waals surface area contributed by atoms with Crippen LogP contribution >= 0.6 is 0 Å². The molecule has 0 fully saturated rings. The summed E-state index contributed by atoms with van der Waals surface area (Å²) in [5, 5.41) is 12.6. The van der Waals surface area contributed by atoms with E-state index in [0.717, 1.165) is 11.1 Å². The minimum Gasteiger partial charge on any atom is -0.504 e. The molecule has 2 N–H and O–H groups in total. The molecule has 100 valence electrons. The van der Waals surface area contributed by atoms with Crippen LogP contribution in [0.1, 0.15) is 11.1 Å². The van der Waals surface area contributed by atoms with Crippen molar-refractivity contribution >= 4 is 5.69 Å². The molecule has 0 amide bonds. The van der Waals surface area contributed by atoms with Gasteiger partial charge in [0.05, 0.1) is 12.8 Å². The van der Waals surface area contributed by atoms with Crippen LogP contribution in [0.3, 0.4) is 0 Å². The lowest BCUT2D eigenvalue weighted by Gasteiger charge is -2.10. The fourth-order valence-corrected chi connectivity index (χ4v) is 1.81. The summed E-state index contributed by atoms with van der Waals surface area (Å²) in [7, 11) is 1.49. The molecule has 0 atom stereocenters. The Morgan fingerprint density at radius 1 is 1.21 bits per heavy atom. The molecule has 2 rings (SSSR count). The minimum atomic E-state index is -0.280. The van der Waals surface area contributed by atoms with Gasteiger partial charge in [-0.3, -0.25) is 0 Å². The topological polar surface area (TPSA) is 41.5 Å². The van der Waals surface area contributed by atoms with E-state index in [1.807, 2.05) is 19.1 Å². The standard InChI is InChI=1S/C15H16FNO2/c1-10-3-5-13(12(16)7-10)17-9-11-4-6-15(19-2)14(18)8-11/h3-8,17-18H,9H2,1-2H3. The first-order valence-corrected chi connectivity index (χ1v) is 5.96. The van der Waals surface area contributed by atoms with Gasteiger partial charge >= 0.3 is 0 Å². The fourth-order valence-electron chi connectivity index (χ4n) is 1.81. The van der Waals surface area contributed by atoms with Crippen molar-refractivity contribution in [3.05, 3.63) is 53.3 Å². The quantitative estimate of drug-likeness (QED) is 0.885. The van der Waals surface area contributed by atoms with Gasteiger partial charge in [-0.2, -0.15) is 0 Å². The molecular formula is C15H16FNO2. The van der Waals surface area contributed by atoms with E-state index in [0.29, 0.717) is 18.0 Å². The number of anilines is 1. The van der Waals surface area contributed by atoms with Gasteiger partial charge in [-0.05, 0) is 42.3 Å². The van der Waals surface area contributed by atoms with E-state index in [4.69, 9.17) is 4.74 Å². The maximum absolute atomic E-state index is 13.6. The molecule has 3 nitrogen and oxygen atoms in total. The number of methoxy groups -OCH3 is 1. The molecule has 0 aliphatic carbocycles. The van der Waals surface area contributed by atoms with E-state index in [1.165, 1.54) is 13.2 Å². The van der Waals surface area contributed by atoms with Crippen molar-refractivity contribution in [2.45, 2.75) is 13.5 Å². The Bertz CT molecular complexity index is 584. The molecule has 0 heterocycles. The lowest BCUT2D eigenvalue weighted by atomic mass is 10.2. The summed E-state index contributed by atoms with van der Waals surface area (Å²) in [4.78, 5) is 0. The molecule has 19 heavy (non-hydrogen) atoms. The molecular weight excluding hydrogens is 245 g/mol. The van der Waals surface area contributed by atoms with Crippen LogP contribution in [-0.4, -0.2) is 12.2 Å². The third-order valence-electron chi connectivity index (χ3n) is 2.85. The van der Waals surface area contributed by atoms with Crippen LogP contribution in [0.15, 0.2) is 36.4 Å². The SMILES string of the molecule is COc1ccc(CNc2ccc(C)cc2F)cc1O. The number of benzene rings is 2. The first kappa shape index (κ1) is 13.2. The number of hydrogen-bond donors (Lipinski definition) is 2. The number of nitrogens with one attached hydrogen (secondary N) is 1. The van der Waals surface area contributed by atoms with Crippen molar-refractivity contribution in [2.75, 3.05) is 12.4 Å². The summed E-state index contributed by atoms with van der Waals surface area (Å²) in [6.45, 7) is 2.27. The van der Waals surface area contributed by atoms with Crippen molar-refractivity contribution in [2.24, 2.45) is 0 Å². The molecule has 0 bridgehead atoms. The highest BCUT2D eigenvalue weighted by Gasteiger charge is 2.04. The molecule has 0 unspecified atom stereocenters. The van der Waals surface area contributed by atoms with Gasteiger partial charge in [0.15, 0.2) is 11.5 Å². The summed E-state index contributed by atoms with van der Waals surface area (Å²) >= 11 is 0. The second-order valence-corrected chi connectivity index (χ2v) is 4.34. The van der Waals surface area contributed by atoms with Crippen molar-refractivity contribution in [3.8, 4) is 11.5 Å². The first-order valence-electron chi connectivity index (χ1n) is 5.96. The van der Waals surface area contributed by atoms with Gasteiger partial charge in [-0.25, -0.2) is 4.39 Å². The van der Waals surface area contributed by atoms with Crippen LogP contribution in [0.5, 0.6) is 11.5 Å². The van der Waals surface area contributed by atoms with Crippen molar-refractivity contribution < 1.29 is 14.2 Å². The van der Waals surface area contributed by atoms with Gasteiger partial charge in [0, 0.05) is 6.54 Å². The zero-order chi connectivity index (χ0) is 13.8. The maximum Gasteiger partial charge on any atom is 0.160 e. The van der Waals surface area contributed by atoms with Gasteiger partial charge in [0.1, 0.15) is 5.82 Å². The molecule has 0 aromatic heterocycles. The van der Waals surface area contributed by atoms with E-state index in [2.05, 4.69) is 5.32 Å². The van der Waals surface area contributed by atoms with Crippen LogP contribution in [-0.2, 0) is 6.54 Å². The molecule has 4 heteroatoms. The summed E-state index contributed by atoms with van der Waals surface area (Å²) in [6.07, 6.45) is 0. The van der Waals surface area contributed by atoms with E-state index in [9.17, 15) is 9.50 Å². The lowest BCUT2D eigenvalue weighted by molar-refractivity contribution is 0.373. The smallest absolute Gasteiger partial charge is 0.160 e. The van der Waals surface area contributed by atoms with Crippen LogP contribution in [0.2, 0.25) is 0 Å². The van der Waals surface area contributed by atoms with Crippen LogP contribution in [0.25, 0.3) is 0 Å². The summed E-state index contributed by atoms with van der Waals surface area (Å²) in [5.74, 6) is 0.217. The molecule has 2 aromatic carbocycles. The monoisotopic (exact) mass is 261 g/mol. The van der Waals surface area contributed by atoms with Gasteiger partial charge in [-0.1, -0.05) is 12.1 Å². The lowest BCUT2D eigenvalue weighted by Crippen LogP contribution is -2.01.